The molecule has 0 saturated carbocycles. The minimum atomic E-state index is -0.824. The van der Waals surface area contributed by atoms with Gasteiger partial charge in [-0.1, -0.05) is 0 Å². The van der Waals surface area contributed by atoms with Crippen LogP contribution < -0.4 is 5.32 Å². The number of amides is 2. The first-order valence-electron chi connectivity index (χ1n) is 13.1. The summed E-state index contributed by atoms with van der Waals surface area (Å²) >= 11 is 0. The number of carboxylic acids is 1. The van der Waals surface area contributed by atoms with Gasteiger partial charge in [-0.15, -0.1) is 0 Å². The molecule has 0 aromatic heterocycles. The fourth-order valence-corrected chi connectivity index (χ4v) is 4.98. The molecule has 13 heteroatoms. The predicted molar refractivity (Wildman–Crippen MR) is 136 cm³/mol. The molecule has 0 spiro atoms. The van der Waals surface area contributed by atoms with Crippen molar-refractivity contribution in [3.8, 4) is 0 Å². The predicted octanol–water partition coefficient (Wildman–Crippen LogP) is 0.713. The van der Waals surface area contributed by atoms with E-state index in [1.165, 1.54) is 0 Å². The van der Waals surface area contributed by atoms with Crippen molar-refractivity contribution in [1.29, 1.82) is 5.41 Å². The highest BCUT2D eigenvalue weighted by Gasteiger charge is 2.43. The van der Waals surface area contributed by atoms with Crippen LogP contribution >= 0.6 is 0 Å². The molecule has 0 radical (unpaired) electrons. The maximum Gasteiger partial charge on any atom is 0.414 e. The van der Waals surface area contributed by atoms with Gasteiger partial charge in [-0.25, -0.2) is 9.59 Å². The fraction of sp³-hybridized carbons (Fsp3) is 0.833. The van der Waals surface area contributed by atoms with Crippen molar-refractivity contribution in [2.45, 2.75) is 57.9 Å². The average molecular weight is 526 g/mol. The number of carboxylic acid groups (broad SMARTS) is 1. The van der Waals surface area contributed by atoms with Crippen LogP contribution in [0.25, 0.3) is 0 Å². The van der Waals surface area contributed by atoms with Gasteiger partial charge < -0.3 is 24.4 Å². The summed E-state index contributed by atoms with van der Waals surface area (Å²) in [5.41, 5.74) is -0.604. The number of alkyl carbamates (subject to hydrolysis) is 1. The Bertz CT molecular complexity index is 819. The van der Waals surface area contributed by atoms with Crippen LogP contribution in [0.4, 0.5) is 9.59 Å². The van der Waals surface area contributed by atoms with E-state index in [1.807, 2.05) is 9.80 Å². The van der Waals surface area contributed by atoms with Crippen molar-refractivity contribution in [3.05, 3.63) is 0 Å². The minimum absolute atomic E-state index is 0.0187. The van der Waals surface area contributed by atoms with Gasteiger partial charge in [0.1, 0.15) is 5.60 Å². The van der Waals surface area contributed by atoms with Crippen LogP contribution in [-0.2, 0) is 14.3 Å². The third-order valence-electron chi connectivity index (χ3n) is 6.99. The van der Waals surface area contributed by atoms with E-state index >= 15 is 0 Å². The van der Waals surface area contributed by atoms with E-state index in [4.69, 9.17) is 20.0 Å². The van der Waals surface area contributed by atoms with Gasteiger partial charge in [-0.05, 0) is 46.6 Å². The van der Waals surface area contributed by atoms with Gasteiger partial charge in [0.25, 0.3) is 0 Å². The molecule has 13 nitrogen and oxygen atoms in total. The van der Waals surface area contributed by atoms with Crippen LogP contribution in [0.2, 0.25) is 0 Å². The number of hydrogen-bond donors (Lipinski definition) is 3. The lowest BCUT2D eigenvalue weighted by atomic mass is 10.1. The Hall–Kier alpha value is -2.64. The number of aliphatic carboxylic acids is 1. The van der Waals surface area contributed by atoms with Crippen molar-refractivity contribution in [2.24, 2.45) is 0 Å². The third-order valence-corrected chi connectivity index (χ3v) is 6.99. The van der Waals surface area contributed by atoms with Crippen LogP contribution in [-0.4, -0.2) is 144 Å². The molecule has 0 aromatic carbocycles. The molecule has 3 rings (SSSR count). The number of unbranched alkanes of at least 4 members (excludes halogenated alkanes) is 1. The fourth-order valence-electron chi connectivity index (χ4n) is 4.98. The second kappa shape index (κ2) is 12.7. The van der Waals surface area contributed by atoms with E-state index in [2.05, 4.69) is 15.1 Å². The topological polar surface area (TPSA) is 142 Å². The van der Waals surface area contributed by atoms with Gasteiger partial charge in [0, 0.05) is 59.4 Å². The molecule has 3 fully saturated rings. The van der Waals surface area contributed by atoms with Gasteiger partial charge in [0.15, 0.2) is 6.23 Å². The zero-order chi connectivity index (χ0) is 27.2. The lowest BCUT2D eigenvalue weighted by Gasteiger charge is -2.38. The second-order valence-electron chi connectivity index (χ2n) is 11.0. The Morgan fingerprint density at radius 1 is 1.05 bits per heavy atom. The number of nitrogens with one attached hydrogen (secondary N) is 2. The summed E-state index contributed by atoms with van der Waals surface area (Å²) in [5, 5.41) is 19.7. The molecule has 3 aliphatic heterocycles. The molecule has 0 aliphatic carbocycles. The van der Waals surface area contributed by atoms with Gasteiger partial charge in [0.2, 0.25) is 5.96 Å². The second-order valence-corrected chi connectivity index (χ2v) is 11.0. The normalized spacial score (nSPS) is 24.2. The van der Waals surface area contributed by atoms with Crippen LogP contribution in [0.15, 0.2) is 0 Å². The number of guanidine groups is 1. The van der Waals surface area contributed by atoms with Gasteiger partial charge in [0.05, 0.1) is 12.6 Å². The molecule has 2 atom stereocenters. The smallest absolute Gasteiger partial charge is 0.414 e. The molecule has 3 N–H and O–H groups in total. The summed E-state index contributed by atoms with van der Waals surface area (Å²) in [6, 6.07) is -0.0187. The number of carbonyl (C=O) groups excluding carboxylic acids is 2. The van der Waals surface area contributed by atoms with Gasteiger partial charge in [-0.2, -0.15) is 0 Å². The molecule has 37 heavy (non-hydrogen) atoms. The highest BCUT2D eigenvalue weighted by atomic mass is 16.6. The van der Waals surface area contributed by atoms with Crippen LogP contribution in [0.1, 0.15) is 40.0 Å². The summed E-state index contributed by atoms with van der Waals surface area (Å²) in [5.74, 6) is -0.756. The lowest BCUT2D eigenvalue weighted by molar-refractivity contribution is -0.139. The minimum Gasteiger partial charge on any atom is -0.480 e. The van der Waals surface area contributed by atoms with Crippen LogP contribution in [0.5, 0.6) is 0 Å². The first-order valence-corrected chi connectivity index (χ1v) is 13.1. The summed E-state index contributed by atoms with van der Waals surface area (Å²) < 4.78 is 10.9. The number of nitrogens with zero attached hydrogens (tertiary/aromatic N) is 5. The van der Waals surface area contributed by atoms with E-state index in [-0.39, 0.29) is 30.9 Å². The van der Waals surface area contributed by atoms with Gasteiger partial charge in [-0.3, -0.25) is 30.2 Å². The van der Waals surface area contributed by atoms with Crippen molar-refractivity contribution >= 4 is 24.1 Å². The van der Waals surface area contributed by atoms with Crippen molar-refractivity contribution in [2.75, 3.05) is 72.5 Å². The zero-order valence-electron chi connectivity index (χ0n) is 22.6. The van der Waals surface area contributed by atoms with E-state index < -0.39 is 17.7 Å². The number of ether oxygens (including phenoxy) is 2. The largest absolute Gasteiger partial charge is 0.480 e. The van der Waals surface area contributed by atoms with Gasteiger partial charge >= 0.3 is 18.2 Å². The summed E-state index contributed by atoms with van der Waals surface area (Å²) in [4.78, 5) is 45.1. The molecule has 3 saturated heterocycles. The molecule has 2 amide bonds. The first kappa shape index (κ1) is 28.9. The van der Waals surface area contributed by atoms with Crippen LogP contribution in [0.3, 0.4) is 0 Å². The Kier molecular flexibility index (Phi) is 9.96. The summed E-state index contributed by atoms with van der Waals surface area (Å²) in [7, 11) is 1.78. The molecule has 210 valence electrons. The highest BCUT2D eigenvalue weighted by molar-refractivity contribution is 5.92. The Morgan fingerprint density at radius 3 is 2.27 bits per heavy atom. The third kappa shape index (κ3) is 8.71. The highest BCUT2D eigenvalue weighted by Crippen LogP contribution is 2.26. The Labute approximate surface area is 219 Å². The standard InChI is InChI=1S/C24H43N7O6/c1-24(2,3)37-22(34)26-21(25)31-15-9-28(10-16-31)8-6-5-7-18-20(36-23(35)27(18)4)30-13-11-29(12-14-30)17-19(32)33/h18,20H,5-17H2,1-4H3,(H,32,33)(H2,25,26,34). The molecule has 2 unspecified atom stereocenters. The number of piperazine rings is 2. The van der Waals surface area contributed by atoms with E-state index in [9.17, 15) is 14.4 Å². The SMILES string of the molecule is CN1C(=O)OC(N2CCN(CC(=O)O)CC2)C1CCCCN1CCN(C(=N)NC(=O)OC(C)(C)C)CC1. The van der Waals surface area contributed by atoms with E-state index in [1.54, 1.807) is 32.7 Å². The maximum absolute atomic E-state index is 12.3. The summed E-state index contributed by atoms with van der Waals surface area (Å²) in [6.45, 7) is 11.9. The maximum atomic E-state index is 12.3. The molecule has 0 bridgehead atoms. The van der Waals surface area contributed by atoms with Crippen LogP contribution in [0, 0.1) is 5.41 Å². The number of hydrogen-bond acceptors (Lipinski definition) is 9. The first-order chi connectivity index (χ1) is 17.4. The average Bonchev–Trinajstić information content (AvgIpc) is 3.09. The Balaban J connectivity index is 1.35. The number of likely N-dealkylation sites (N-methyl/N-ethyl adjacent to an activating group) is 1. The molecule has 3 aliphatic rings. The van der Waals surface area contributed by atoms with Crippen molar-refractivity contribution < 1.29 is 29.0 Å². The zero-order valence-corrected chi connectivity index (χ0v) is 22.6. The molecular formula is C24H43N7O6. The number of cyclic esters (lactones) is 1. The van der Waals surface area contributed by atoms with Crippen molar-refractivity contribution in [1.82, 2.24) is 29.8 Å². The number of carbonyl (C=O) groups is 3. The quantitative estimate of drug-likeness (QED) is 0.236. The van der Waals surface area contributed by atoms with Crippen molar-refractivity contribution in [3.63, 3.8) is 0 Å². The molecule has 3 heterocycles. The lowest BCUT2D eigenvalue weighted by Crippen LogP contribution is -2.54. The van der Waals surface area contributed by atoms with E-state index in [0.717, 1.165) is 38.9 Å². The number of rotatable bonds is 8. The monoisotopic (exact) mass is 525 g/mol. The summed E-state index contributed by atoms with van der Waals surface area (Å²) in [6.07, 6.45) is 1.58. The molecular weight excluding hydrogens is 482 g/mol. The van der Waals surface area contributed by atoms with E-state index in [0.29, 0.717) is 39.3 Å². The molecule has 0 aromatic rings. The Morgan fingerprint density at radius 2 is 1.68 bits per heavy atom.